The molecule has 0 radical (unpaired) electrons. The number of halogens is 2. The monoisotopic (exact) mass is 314 g/mol. The molecule has 0 N–H and O–H groups in total. The van der Waals surface area contributed by atoms with E-state index in [2.05, 4.69) is 16.8 Å². The van der Waals surface area contributed by atoms with E-state index in [1.807, 2.05) is 42.2 Å². The number of hydrogen-bond acceptors (Lipinski definition) is 2. The molecule has 1 fully saturated rings. The molecule has 0 aliphatic carbocycles. The molecule has 2 aromatic rings. The standard InChI is InChI=1S/C18H16ClFN2/c1-14-5-6-16(12-17(14)19)22-11-9-18(20,13-22)8-7-15-4-2-3-10-21-15/h2-6,10,12H,9,11,13H2,1H3. The molecular weight excluding hydrogens is 299 g/mol. The Bertz CT molecular complexity index is 736. The fourth-order valence-corrected chi connectivity index (χ4v) is 2.66. The molecule has 0 saturated carbocycles. The summed E-state index contributed by atoms with van der Waals surface area (Å²) < 4.78 is 14.8. The Labute approximate surface area is 134 Å². The molecule has 1 unspecified atom stereocenters. The Morgan fingerprint density at radius 2 is 2.18 bits per heavy atom. The van der Waals surface area contributed by atoms with Gasteiger partial charge in [0, 0.05) is 29.9 Å². The van der Waals surface area contributed by atoms with E-state index in [1.165, 1.54) is 0 Å². The molecule has 1 aliphatic heterocycles. The molecule has 1 aliphatic rings. The highest BCUT2D eigenvalue weighted by Crippen LogP contribution is 2.31. The first kappa shape index (κ1) is 14.9. The van der Waals surface area contributed by atoms with Crippen molar-refractivity contribution in [3.8, 4) is 11.8 Å². The minimum atomic E-state index is -1.51. The van der Waals surface area contributed by atoms with Gasteiger partial charge < -0.3 is 4.90 Å². The Morgan fingerprint density at radius 1 is 1.32 bits per heavy atom. The van der Waals surface area contributed by atoms with Crippen LogP contribution in [-0.4, -0.2) is 23.7 Å². The fourth-order valence-electron chi connectivity index (χ4n) is 2.49. The van der Waals surface area contributed by atoms with Crippen LogP contribution in [0.25, 0.3) is 0 Å². The largest absolute Gasteiger partial charge is 0.367 e. The third-order valence-corrected chi connectivity index (χ3v) is 4.23. The van der Waals surface area contributed by atoms with Crippen LogP contribution in [-0.2, 0) is 0 Å². The first-order valence-electron chi connectivity index (χ1n) is 7.20. The van der Waals surface area contributed by atoms with E-state index < -0.39 is 5.67 Å². The molecule has 1 atom stereocenters. The van der Waals surface area contributed by atoms with Gasteiger partial charge in [-0.2, -0.15) is 0 Å². The van der Waals surface area contributed by atoms with E-state index >= 15 is 0 Å². The summed E-state index contributed by atoms with van der Waals surface area (Å²) in [5, 5.41) is 0.702. The Kier molecular flexibility index (Phi) is 4.04. The molecule has 0 spiro atoms. The Balaban J connectivity index is 1.76. The predicted octanol–water partition coefficient (Wildman–Crippen LogP) is 4.01. The summed E-state index contributed by atoms with van der Waals surface area (Å²) in [6.07, 6.45) is 2.04. The van der Waals surface area contributed by atoms with E-state index in [9.17, 15) is 4.39 Å². The maximum Gasteiger partial charge on any atom is 0.190 e. The average molecular weight is 315 g/mol. The number of aromatic nitrogens is 1. The smallest absolute Gasteiger partial charge is 0.190 e. The average Bonchev–Trinajstić information content (AvgIpc) is 2.92. The number of anilines is 1. The summed E-state index contributed by atoms with van der Waals surface area (Å²) in [6, 6.07) is 11.2. The fraction of sp³-hybridized carbons (Fsp3) is 0.278. The zero-order chi connectivity index (χ0) is 15.6. The molecule has 0 bridgehead atoms. The number of pyridine rings is 1. The van der Waals surface area contributed by atoms with Crippen LogP contribution in [0.5, 0.6) is 0 Å². The van der Waals surface area contributed by atoms with E-state index in [4.69, 9.17) is 11.6 Å². The summed E-state index contributed by atoms with van der Waals surface area (Å²) in [6.45, 7) is 2.84. The predicted molar refractivity (Wildman–Crippen MR) is 88.0 cm³/mol. The van der Waals surface area contributed by atoms with Crippen molar-refractivity contribution in [1.82, 2.24) is 4.98 Å². The van der Waals surface area contributed by atoms with Gasteiger partial charge in [0.15, 0.2) is 5.67 Å². The minimum Gasteiger partial charge on any atom is -0.367 e. The quantitative estimate of drug-likeness (QED) is 0.739. The van der Waals surface area contributed by atoms with Crippen molar-refractivity contribution in [1.29, 1.82) is 0 Å². The van der Waals surface area contributed by atoms with Crippen molar-refractivity contribution in [2.45, 2.75) is 19.0 Å². The molecule has 22 heavy (non-hydrogen) atoms. The van der Waals surface area contributed by atoms with Crippen LogP contribution >= 0.6 is 11.6 Å². The molecule has 112 valence electrons. The van der Waals surface area contributed by atoms with Crippen LogP contribution in [0.1, 0.15) is 17.7 Å². The van der Waals surface area contributed by atoms with Crippen molar-refractivity contribution in [3.05, 3.63) is 58.9 Å². The maximum absolute atomic E-state index is 14.8. The second-order valence-electron chi connectivity index (χ2n) is 5.54. The van der Waals surface area contributed by atoms with Gasteiger partial charge in [-0.3, -0.25) is 0 Å². The van der Waals surface area contributed by atoms with E-state index in [0.717, 1.165) is 11.3 Å². The first-order valence-corrected chi connectivity index (χ1v) is 7.58. The zero-order valence-corrected chi connectivity index (χ0v) is 13.1. The second kappa shape index (κ2) is 5.98. The van der Waals surface area contributed by atoms with Crippen LogP contribution in [0.15, 0.2) is 42.6 Å². The first-order chi connectivity index (χ1) is 10.6. The molecule has 1 saturated heterocycles. The number of alkyl halides is 1. The van der Waals surface area contributed by atoms with E-state index in [1.54, 1.807) is 12.3 Å². The molecule has 4 heteroatoms. The van der Waals surface area contributed by atoms with Crippen LogP contribution in [0.2, 0.25) is 5.02 Å². The van der Waals surface area contributed by atoms with Gasteiger partial charge in [-0.05, 0) is 42.7 Å². The highest BCUT2D eigenvalue weighted by molar-refractivity contribution is 6.31. The molecular formula is C18H16ClFN2. The summed E-state index contributed by atoms with van der Waals surface area (Å²) in [4.78, 5) is 6.08. The lowest BCUT2D eigenvalue weighted by Gasteiger charge is -2.19. The number of hydrogen-bond donors (Lipinski definition) is 0. The lowest BCUT2D eigenvalue weighted by atomic mass is 10.1. The van der Waals surface area contributed by atoms with Crippen LogP contribution in [0, 0.1) is 18.8 Å². The normalized spacial score (nSPS) is 20.6. The zero-order valence-electron chi connectivity index (χ0n) is 12.3. The van der Waals surface area contributed by atoms with Gasteiger partial charge in [0.05, 0.1) is 6.54 Å². The van der Waals surface area contributed by atoms with E-state index in [0.29, 0.717) is 23.7 Å². The lowest BCUT2D eigenvalue weighted by molar-refractivity contribution is 0.274. The van der Waals surface area contributed by atoms with Crippen molar-refractivity contribution >= 4 is 17.3 Å². The van der Waals surface area contributed by atoms with Crippen molar-refractivity contribution in [3.63, 3.8) is 0 Å². The highest BCUT2D eigenvalue weighted by atomic mass is 35.5. The number of benzene rings is 1. The number of aryl methyl sites for hydroxylation is 1. The molecule has 2 nitrogen and oxygen atoms in total. The summed E-state index contributed by atoms with van der Waals surface area (Å²) >= 11 is 6.15. The van der Waals surface area contributed by atoms with Crippen molar-refractivity contribution in [2.75, 3.05) is 18.0 Å². The second-order valence-corrected chi connectivity index (χ2v) is 5.94. The summed E-state index contributed by atoms with van der Waals surface area (Å²) in [7, 11) is 0. The molecule has 3 rings (SSSR count). The lowest BCUT2D eigenvalue weighted by Crippen LogP contribution is -2.27. The third-order valence-electron chi connectivity index (χ3n) is 3.82. The van der Waals surface area contributed by atoms with Crippen LogP contribution < -0.4 is 4.90 Å². The maximum atomic E-state index is 14.8. The SMILES string of the molecule is Cc1ccc(N2CCC(F)(C#Cc3ccccn3)C2)cc1Cl. The third kappa shape index (κ3) is 3.23. The van der Waals surface area contributed by atoms with Crippen molar-refractivity contribution < 1.29 is 4.39 Å². The van der Waals surface area contributed by atoms with Gasteiger partial charge in [0.25, 0.3) is 0 Å². The van der Waals surface area contributed by atoms with Crippen molar-refractivity contribution in [2.24, 2.45) is 0 Å². The van der Waals surface area contributed by atoms with Gasteiger partial charge in [-0.1, -0.05) is 29.7 Å². The highest BCUT2D eigenvalue weighted by Gasteiger charge is 2.37. The Morgan fingerprint density at radius 3 is 2.91 bits per heavy atom. The minimum absolute atomic E-state index is 0.256. The van der Waals surface area contributed by atoms with Gasteiger partial charge >= 0.3 is 0 Å². The van der Waals surface area contributed by atoms with E-state index in [-0.39, 0.29) is 6.54 Å². The molecule has 0 amide bonds. The number of rotatable bonds is 1. The van der Waals surface area contributed by atoms with Crippen LogP contribution in [0.3, 0.4) is 0 Å². The molecule has 1 aromatic heterocycles. The van der Waals surface area contributed by atoms with Gasteiger partial charge in [-0.15, -0.1) is 0 Å². The van der Waals surface area contributed by atoms with Crippen LogP contribution in [0.4, 0.5) is 10.1 Å². The summed E-state index contributed by atoms with van der Waals surface area (Å²) in [5.74, 6) is 5.58. The Hall–Kier alpha value is -2.05. The summed E-state index contributed by atoms with van der Waals surface area (Å²) in [5.41, 5.74) is 1.05. The topological polar surface area (TPSA) is 16.1 Å². The van der Waals surface area contributed by atoms with Gasteiger partial charge in [0.2, 0.25) is 0 Å². The van der Waals surface area contributed by atoms with Gasteiger partial charge in [0.1, 0.15) is 5.69 Å². The number of nitrogens with zero attached hydrogens (tertiary/aromatic N) is 2. The van der Waals surface area contributed by atoms with Gasteiger partial charge in [-0.25, -0.2) is 9.37 Å². The molecule has 1 aromatic carbocycles. The molecule has 2 heterocycles.